The van der Waals surface area contributed by atoms with Gasteiger partial charge in [-0.15, -0.1) is 0 Å². The molecule has 3 heterocycles. The Morgan fingerprint density at radius 1 is 1.18 bits per heavy atom. The number of amides is 1. The summed E-state index contributed by atoms with van der Waals surface area (Å²) in [4.78, 5) is 18.8. The second-order valence-electron chi connectivity index (χ2n) is 5.81. The van der Waals surface area contributed by atoms with Gasteiger partial charge in [-0.25, -0.2) is 0 Å². The van der Waals surface area contributed by atoms with Crippen LogP contribution >= 0.6 is 0 Å². The summed E-state index contributed by atoms with van der Waals surface area (Å²) in [7, 11) is -0.753. The van der Waals surface area contributed by atoms with E-state index in [1.54, 1.807) is 6.20 Å². The van der Waals surface area contributed by atoms with Crippen molar-refractivity contribution in [1.29, 1.82) is 0 Å². The molecule has 2 fully saturated rings. The predicted octanol–water partition coefficient (Wildman–Crippen LogP) is 2.09. The first-order valence-corrected chi connectivity index (χ1v) is 8.80. The average Bonchev–Trinajstić information content (AvgIpc) is 3.14. The molecule has 2 aromatic rings. The summed E-state index contributed by atoms with van der Waals surface area (Å²) >= 11 is 0. The summed E-state index contributed by atoms with van der Waals surface area (Å²) in [6, 6.07) is 13.9. The number of aromatic nitrogens is 1. The molecule has 0 spiro atoms. The fraction of sp³-hybridized carbons (Fsp3) is 0.294. The number of fused-ring (bicyclic) bond motifs is 2. The fourth-order valence-electron chi connectivity index (χ4n) is 3.30. The quantitative estimate of drug-likeness (QED) is 0.853. The maximum atomic E-state index is 12.7. The molecule has 1 aromatic heterocycles. The number of rotatable bonds is 2. The Bertz CT molecular complexity index is 747. The Balaban J connectivity index is 1.61. The van der Waals surface area contributed by atoms with Crippen molar-refractivity contribution in [3.05, 3.63) is 54.4 Å². The lowest BCUT2D eigenvalue weighted by Gasteiger charge is -2.26. The van der Waals surface area contributed by atoms with Gasteiger partial charge in [0.2, 0.25) is 0 Å². The second-order valence-corrected chi connectivity index (χ2v) is 7.57. The Morgan fingerprint density at radius 3 is 2.68 bits per heavy atom. The van der Waals surface area contributed by atoms with Crippen molar-refractivity contribution in [2.24, 2.45) is 0 Å². The Labute approximate surface area is 131 Å². The maximum absolute atomic E-state index is 12.7. The minimum absolute atomic E-state index is 0.0398. The number of hydrogen-bond acceptors (Lipinski definition) is 3. The Hall–Kier alpha value is -2.01. The molecular formula is C17H16N2O2S. The number of nitrogens with zero attached hydrogens (tertiary/aromatic N) is 2. The highest BCUT2D eigenvalue weighted by Crippen LogP contribution is 2.31. The number of hydrogen-bond donors (Lipinski definition) is 0. The first-order valence-electron chi connectivity index (χ1n) is 7.42. The van der Waals surface area contributed by atoms with Crippen molar-refractivity contribution in [2.75, 3.05) is 12.3 Å². The van der Waals surface area contributed by atoms with E-state index in [-0.39, 0.29) is 17.2 Å². The van der Waals surface area contributed by atoms with E-state index in [2.05, 4.69) is 4.98 Å². The zero-order chi connectivity index (χ0) is 15.1. The monoisotopic (exact) mass is 312 g/mol. The molecular weight excluding hydrogens is 296 g/mol. The molecule has 112 valence electrons. The SMILES string of the molecule is O=C(c1cc(-c2ccccc2)ccn1)N1C[C@@H]2C[C@H]1CS2=O. The van der Waals surface area contributed by atoms with Gasteiger partial charge in [0.15, 0.2) is 0 Å². The third kappa shape index (κ3) is 2.25. The summed E-state index contributed by atoms with van der Waals surface area (Å²) in [5.74, 6) is 0.580. The van der Waals surface area contributed by atoms with E-state index in [9.17, 15) is 9.00 Å². The molecule has 5 heteroatoms. The van der Waals surface area contributed by atoms with Gasteiger partial charge < -0.3 is 4.90 Å². The molecule has 0 aliphatic carbocycles. The lowest BCUT2D eigenvalue weighted by molar-refractivity contribution is 0.0741. The molecule has 2 saturated heterocycles. The first kappa shape index (κ1) is 13.6. The van der Waals surface area contributed by atoms with Crippen LogP contribution in [-0.4, -0.2) is 43.6 Å². The van der Waals surface area contributed by atoms with Crippen LogP contribution in [0.15, 0.2) is 48.7 Å². The highest BCUT2D eigenvalue weighted by Gasteiger charge is 2.45. The smallest absolute Gasteiger partial charge is 0.272 e. The van der Waals surface area contributed by atoms with Crippen LogP contribution in [0.4, 0.5) is 0 Å². The third-order valence-electron chi connectivity index (χ3n) is 4.45. The first-order chi connectivity index (χ1) is 10.7. The predicted molar refractivity (Wildman–Crippen MR) is 85.9 cm³/mol. The molecule has 1 amide bonds. The van der Waals surface area contributed by atoms with Crippen LogP contribution in [0.25, 0.3) is 11.1 Å². The normalized spacial score (nSPS) is 26.4. The van der Waals surface area contributed by atoms with Gasteiger partial charge in [-0.05, 0) is 29.7 Å². The van der Waals surface area contributed by atoms with Gasteiger partial charge in [-0.1, -0.05) is 30.3 Å². The lowest BCUT2D eigenvalue weighted by atomic mass is 10.1. The van der Waals surface area contributed by atoms with E-state index in [1.807, 2.05) is 47.4 Å². The van der Waals surface area contributed by atoms with Crippen molar-refractivity contribution < 1.29 is 9.00 Å². The highest BCUT2D eigenvalue weighted by atomic mass is 32.2. The summed E-state index contributed by atoms with van der Waals surface area (Å²) in [6.07, 6.45) is 2.55. The maximum Gasteiger partial charge on any atom is 0.272 e. The van der Waals surface area contributed by atoms with E-state index in [4.69, 9.17) is 0 Å². The molecule has 2 bridgehead atoms. The largest absolute Gasteiger partial charge is 0.332 e. The standard InChI is InChI=1S/C17H16N2O2S/c20-17(19-10-15-9-14(19)11-22(15)21)16-8-13(6-7-18-16)12-4-2-1-3-5-12/h1-8,14-15H,9-11H2/t14-,15-,22?/m0/s1. The highest BCUT2D eigenvalue weighted by molar-refractivity contribution is 7.86. The number of pyridine rings is 1. The van der Waals surface area contributed by atoms with E-state index in [0.717, 1.165) is 17.5 Å². The van der Waals surface area contributed by atoms with Gasteiger partial charge in [0.25, 0.3) is 5.91 Å². The van der Waals surface area contributed by atoms with Crippen molar-refractivity contribution in [1.82, 2.24) is 9.88 Å². The summed E-state index contributed by atoms with van der Waals surface area (Å²) < 4.78 is 11.7. The van der Waals surface area contributed by atoms with Crippen molar-refractivity contribution in [3.8, 4) is 11.1 Å². The number of likely N-dealkylation sites (tertiary alicyclic amines) is 1. The van der Waals surface area contributed by atoms with Crippen molar-refractivity contribution in [3.63, 3.8) is 0 Å². The summed E-state index contributed by atoms with van der Waals surface area (Å²) in [5, 5.41) is 0.159. The van der Waals surface area contributed by atoms with Gasteiger partial charge in [0.05, 0.1) is 5.25 Å². The Kier molecular flexibility index (Phi) is 3.30. The zero-order valence-electron chi connectivity index (χ0n) is 12.0. The van der Waals surface area contributed by atoms with E-state index >= 15 is 0 Å². The van der Waals surface area contributed by atoms with E-state index in [0.29, 0.717) is 18.0 Å². The summed E-state index contributed by atoms with van der Waals surface area (Å²) in [5.41, 5.74) is 2.54. The van der Waals surface area contributed by atoms with Crippen molar-refractivity contribution >= 4 is 16.7 Å². The van der Waals surface area contributed by atoms with Crippen LogP contribution < -0.4 is 0 Å². The molecule has 3 atom stereocenters. The molecule has 2 aliphatic heterocycles. The van der Waals surface area contributed by atoms with Crippen LogP contribution in [-0.2, 0) is 10.8 Å². The molecule has 1 aromatic carbocycles. The van der Waals surface area contributed by atoms with Gasteiger partial charge in [0, 0.05) is 35.3 Å². The molecule has 2 aliphatic rings. The molecule has 1 unspecified atom stereocenters. The number of carbonyl (C=O) groups excluding carboxylic acids is 1. The zero-order valence-corrected chi connectivity index (χ0v) is 12.8. The lowest BCUT2D eigenvalue weighted by Crippen LogP contribution is -2.42. The molecule has 22 heavy (non-hydrogen) atoms. The minimum atomic E-state index is -0.753. The van der Waals surface area contributed by atoms with Crippen LogP contribution in [0.2, 0.25) is 0 Å². The minimum Gasteiger partial charge on any atom is -0.332 e. The number of carbonyl (C=O) groups is 1. The van der Waals surface area contributed by atoms with Gasteiger partial charge in [-0.3, -0.25) is 14.0 Å². The van der Waals surface area contributed by atoms with E-state index < -0.39 is 10.8 Å². The van der Waals surface area contributed by atoms with Crippen molar-refractivity contribution in [2.45, 2.75) is 17.7 Å². The fourth-order valence-corrected chi connectivity index (χ4v) is 5.03. The summed E-state index contributed by atoms with van der Waals surface area (Å²) in [6.45, 7) is 0.605. The average molecular weight is 312 g/mol. The van der Waals surface area contributed by atoms with Crippen LogP contribution in [0, 0.1) is 0 Å². The van der Waals surface area contributed by atoms with Crippen LogP contribution in [0.3, 0.4) is 0 Å². The van der Waals surface area contributed by atoms with Gasteiger partial charge >= 0.3 is 0 Å². The third-order valence-corrected chi connectivity index (χ3v) is 6.25. The van der Waals surface area contributed by atoms with Crippen LogP contribution in [0.1, 0.15) is 16.9 Å². The topological polar surface area (TPSA) is 50.3 Å². The molecule has 4 rings (SSSR count). The van der Waals surface area contributed by atoms with E-state index in [1.165, 1.54) is 0 Å². The number of benzene rings is 1. The molecule has 4 nitrogen and oxygen atoms in total. The van der Waals surface area contributed by atoms with Gasteiger partial charge in [0.1, 0.15) is 5.69 Å². The second kappa shape index (κ2) is 5.32. The van der Waals surface area contributed by atoms with Crippen LogP contribution in [0.5, 0.6) is 0 Å². The van der Waals surface area contributed by atoms with Gasteiger partial charge in [-0.2, -0.15) is 0 Å². The molecule has 0 saturated carbocycles. The molecule has 0 radical (unpaired) electrons. The molecule has 0 N–H and O–H groups in total. The Morgan fingerprint density at radius 2 is 2.00 bits per heavy atom.